The number of amides is 3. The van der Waals surface area contributed by atoms with Gasteiger partial charge in [-0.2, -0.15) is 0 Å². The van der Waals surface area contributed by atoms with Crippen molar-refractivity contribution < 1.29 is 19.1 Å². The lowest BCUT2D eigenvalue weighted by Gasteiger charge is -2.31. The Kier molecular flexibility index (Phi) is 6.72. The molecule has 1 N–H and O–H groups in total. The van der Waals surface area contributed by atoms with Crippen LogP contribution in [0, 0.1) is 6.92 Å². The molecule has 0 unspecified atom stereocenters. The van der Waals surface area contributed by atoms with E-state index in [9.17, 15) is 14.4 Å². The Balaban J connectivity index is 1.68. The van der Waals surface area contributed by atoms with E-state index in [1.54, 1.807) is 30.3 Å². The molecule has 9 heteroatoms. The Morgan fingerprint density at radius 1 is 1.10 bits per heavy atom. The average molecular weight is 458 g/mol. The van der Waals surface area contributed by atoms with Gasteiger partial charge >= 0.3 is 0 Å². The summed E-state index contributed by atoms with van der Waals surface area (Å²) in [6.45, 7) is 1.74. The summed E-state index contributed by atoms with van der Waals surface area (Å²) in [5, 5.41) is 3.11. The number of hydrogen-bond donors (Lipinski definition) is 1. The fourth-order valence-corrected chi connectivity index (χ4v) is 3.25. The molecule has 1 aliphatic rings. The molecule has 1 saturated heterocycles. The first-order chi connectivity index (χ1) is 14.7. The molecule has 0 spiro atoms. The van der Waals surface area contributed by atoms with Crippen molar-refractivity contribution in [2.75, 3.05) is 26.0 Å². The lowest BCUT2D eigenvalue weighted by Crippen LogP contribution is -2.52. The molecule has 1 fully saturated rings. The summed E-state index contributed by atoms with van der Waals surface area (Å²) in [6.07, 6.45) is 1.44. The van der Waals surface area contributed by atoms with Crippen LogP contribution in [0.5, 0.6) is 5.75 Å². The van der Waals surface area contributed by atoms with Crippen LogP contribution >= 0.6 is 23.8 Å². The van der Waals surface area contributed by atoms with Gasteiger partial charge in [0, 0.05) is 19.8 Å². The molecular formula is C22H20ClN3O4S. The largest absolute Gasteiger partial charge is 0.482 e. The Labute approximate surface area is 190 Å². The molecule has 0 atom stereocenters. The number of hydrogen-bond acceptors (Lipinski definition) is 5. The van der Waals surface area contributed by atoms with Crippen molar-refractivity contribution in [3.63, 3.8) is 0 Å². The van der Waals surface area contributed by atoms with Gasteiger partial charge in [0.25, 0.3) is 17.7 Å². The summed E-state index contributed by atoms with van der Waals surface area (Å²) in [6, 6.07) is 12.2. The molecule has 3 rings (SSSR count). The fourth-order valence-electron chi connectivity index (χ4n) is 2.84. The SMILES string of the molecule is Cc1ccc(NC(=O)COc2ccc(C=C3C(=O)N(C)C(=S)N(C)C3=O)cc2Cl)cc1. The summed E-state index contributed by atoms with van der Waals surface area (Å²) in [7, 11) is 3.01. The van der Waals surface area contributed by atoms with Gasteiger partial charge in [-0.15, -0.1) is 0 Å². The third-order valence-corrected chi connectivity index (χ3v) is 5.45. The van der Waals surface area contributed by atoms with E-state index in [0.29, 0.717) is 17.0 Å². The molecule has 0 radical (unpaired) electrons. The molecule has 3 amide bonds. The molecule has 1 aliphatic heterocycles. The molecule has 7 nitrogen and oxygen atoms in total. The minimum absolute atomic E-state index is 0.0270. The minimum Gasteiger partial charge on any atom is -0.482 e. The molecule has 0 saturated carbocycles. The number of carbonyl (C=O) groups is 3. The quantitative estimate of drug-likeness (QED) is 0.423. The van der Waals surface area contributed by atoms with Gasteiger partial charge in [-0.1, -0.05) is 35.4 Å². The van der Waals surface area contributed by atoms with Gasteiger partial charge in [0.05, 0.1) is 5.02 Å². The predicted molar refractivity (Wildman–Crippen MR) is 123 cm³/mol. The van der Waals surface area contributed by atoms with E-state index in [0.717, 1.165) is 5.56 Å². The predicted octanol–water partition coefficient (Wildman–Crippen LogP) is 3.26. The van der Waals surface area contributed by atoms with Gasteiger partial charge in [0.2, 0.25) is 0 Å². The zero-order valence-corrected chi connectivity index (χ0v) is 18.7. The highest BCUT2D eigenvalue weighted by molar-refractivity contribution is 7.80. The maximum absolute atomic E-state index is 12.4. The number of thiocarbonyl (C=S) groups is 1. The fraction of sp³-hybridized carbons (Fsp3) is 0.182. The number of anilines is 1. The normalized spacial score (nSPS) is 14.1. The van der Waals surface area contributed by atoms with Crippen LogP contribution < -0.4 is 10.1 Å². The van der Waals surface area contributed by atoms with Gasteiger partial charge < -0.3 is 10.1 Å². The van der Waals surface area contributed by atoms with Crippen molar-refractivity contribution in [3.8, 4) is 5.75 Å². The average Bonchev–Trinajstić information content (AvgIpc) is 2.75. The number of carbonyl (C=O) groups excluding carboxylic acids is 3. The highest BCUT2D eigenvalue weighted by atomic mass is 35.5. The van der Waals surface area contributed by atoms with Crippen molar-refractivity contribution in [1.82, 2.24) is 9.80 Å². The summed E-state index contributed by atoms with van der Waals surface area (Å²) in [5.41, 5.74) is 2.27. The molecule has 160 valence electrons. The van der Waals surface area contributed by atoms with Gasteiger partial charge in [0.15, 0.2) is 11.7 Å². The zero-order chi connectivity index (χ0) is 22.7. The molecule has 2 aromatic rings. The third kappa shape index (κ3) is 5.10. The highest BCUT2D eigenvalue weighted by Gasteiger charge is 2.35. The molecule has 31 heavy (non-hydrogen) atoms. The van der Waals surface area contributed by atoms with E-state index in [2.05, 4.69) is 5.32 Å². The summed E-state index contributed by atoms with van der Waals surface area (Å²) < 4.78 is 5.50. The second-order valence-electron chi connectivity index (χ2n) is 6.96. The Morgan fingerprint density at radius 2 is 1.71 bits per heavy atom. The summed E-state index contributed by atoms with van der Waals surface area (Å²) in [4.78, 5) is 39.4. The topological polar surface area (TPSA) is 79.0 Å². The van der Waals surface area contributed by atoms with Crippen molar-refractivity contribution in [1.29, 1.82) is 0 Å². The van der Waals surface area contributed by atoms with Crippen LogP contribution in [0.3, 0.4) is 0 Å². The summed E-state index contributed by atoms with van der Waals surface area (Å²) in [5.74, 6) is -0.999. The van der Waals surface area contributed by atoms with Crippen LogP contribution in [0.1, 0.15) is 11.1 Å². The molecule has 0 aromatic heterocycles. The first-order valence-corrected chi connectivity index (χ1v) is 10.1. The van der Waals surface area contributed by atoms with Crippen molar-refractivity contribution in [3.05, 3.63) is 64.2 Å². The second kappa shape index (κ2) is 9.28. The van der Waals surface area contributed by atoms with E-state index in [1.165, 1.54) is 30.0 Å². The van der Waals surface area contributed by atoms with Crippen molar-refractivity contribution in [2.24, 2.45) is 0 Å². The monoisotopic (exact) mass is 457 g/mol. The number of aryl methyl sites for hydroxylation is 1. The maximum atomic E-state index is 12.4. The Bertz CT molecular complexity index is 1070. The molecule has 2 aromatic carbocycles. The molecule has 0 bridgehead atoms. The second-order valence-corrected chi connectivity index (χ2v) is 7.73. The first kappa shape index (κ1) is 22.5. The lowest BCUT2D eigenvalue weighted by atomic mass is 10.1. The first-order valence-electron chi connectivity index (χ1n) is 9.28. The molecule has 1 heterocycles. The number of rotatable bonds is 5. The minimum atomic E-state index is -0.489. The van der Waals surface area contributed by atoms with Gasteiger partial charge in [-0.05, 0) is 55.0 Å². The van der Waals surface area contributed by atoms with Crippen LogP contribution in [0.2, 0.25) is 5.02 Å². The standard InChI is InChI=1S/C22H20ClN3O4S/c1-13-4-7-15(8-5-13)24-19(27)12-30-18-9-6-14(11-17(18)23)10-16-20(28)25(2)22(31)26(3)21(16)29/h4-11H,12H2,1-3H3,(H,24,27). The van der Waals surface area contributed by atoms with E-state index in [1.807, 2.05) is 19.1 Å². The van der Waals surface area contributed by atoms with E-state index in [4.69, 9.17) is 28.6 Å². The number of nitrogens with one attached hydrogen (secondary N) is 1. The number of nitrogens with zero attached hydrogens (tertiary/aromatic N) is 2. The van der Waals surface area contributed by atoms with Gasteiger partial charge in [0.1, 0.15) is 11.3 Å². The number of benzene rings is 2. The Morgan fingerprint density at radius 3 is 2.29 bits per heavy atom. The zero-order valence-electron chi connectivity index (χ0n) is 17.1. The number of halogens is 1. The van der Waals surface area contributed by atoms with Crippen molar-refractivity contribution in [2.45, 2.75) is 6.92 Å². The van der Waals surface area contributed by atoms with E-state index >= 15 is 0 Å². The van der Waals surface area contributed by atoms with Crippen LogP contribution in [0.4, 0.5) is 5.69 Å². The third-order valence-electron chi connectivity index (χ3n) is 4.60. The van der Waals surface area contributed by atoms with E-state index < -0.39 is 11.8 Å². The van der Waals surface area contributed by atoms with Gasteiger partial charge in [-0.25, -0.2) is 0 Å². The Hall–Kier alpha value is -3.23. The smallest absolute Gasteiger partial charge is 0.265 e. The lowest BCUT2D eigenvalue weighted by molar-refractivity contribution is -0.132. The van der Waals surface area contributed by atoms with Crippen LogP contribution in [-0.2, 0) is 14.4 Å². The van der Waals surface area contributed by atoms with Crippen LogP contribution in [-0.4, -0.2) is 53.3 Å². The van der Waals surface area contributed by atoms with Gasteiger partial charge in [-0.3, -0.25) is 24.2 Å². The molecular weight excluding hydrogens is 438 g/mol. The van der Waals surface area contributed by atoms with Crippen molar-refractivity contribution >= 4 is 58.4 Å². The highest BCUT2D eigenvalue weighted by Crippen LogP contribution is 2.27. The maximum Gasteiger partial charge on any atom is 0.265 e. The van der Waals surface area contributed by atoms with E-state index in [-0.39, 0.29) is 28.2 Å². The van der Waals surface area contributed by atoms with Crippen LogP contribution in [0.25, 0.3) is 6.08 Å². The number of likely N-dealkylation sites (N-methyl/N-ethyl adjacent to an activating group) is 2. The number of ether oxygens (including phenoxy) is 1. The molecule has 0 aliphatic carbocycles. The van der Waals surface area contributed by atoms with Crippen LogP contribution in [0.15, 0.2) is 48.0 Å². The summed E-state index contributed by atoms with van der Waals surface area (Å²) >= 11 is 11.3.